The van der Waals surface area contributed by atoms with Crippen LogP contribution in [0.25, 0.3) is 50.6 Å². The summed E-state index contributed by atoms with van der Waals surface area (Å²) in [5, 5.41) is 0. The lowest BCUT2D eigenvalue weighted by Gasteiger charge is -2.34. The molecule has 0 amide bonds. The van der Waals surface area contributed by atoms with Crippen LogP contribution in [0.1, 0.15) is 22.3 Å². The molecule has 340 valence electrons. The van der Waals surface area contributed by atoms with E-state index in [0.29, 0.717) is 0 Å². The average Bonchev–Trinajstić information content (AvgIpc) is 4.28. The van der Waals surface area contributed by atoms with Gasteiger partial charge in [0, 0.05) is 74.4 Å². The summed E-state index contributed by atoms with van der Waals surface area (Å²) in [7, 11) is 0. The minimum Gasteiger partial charge on any atom is -0.317 e. The minimum absolute atomic E-state index is 1.06. The Kier molecular flexibility index (Phi) is 10.8. The van der Waals surface area contributed by atoms with Crippen LogP contribution in [0.4, 0.5) is 22.7 Å². The van der Waals surface area contributed by atoms with Crippen molar-refractivity contribution in [3.63, 3.8) is 0 Å². The van der Waals surface area contributed by atoms with E-state index < -0.39 is 0 Å². The van der Waals surface area contributed by atoms with E-state index in [-0.39, 0.29) is 0 Å². The van der Waals surface area contributed by atoms with Gasteiger partial charge in [0.15, 0.2) is 0 Å². The second-order valence-electron chi connectivity index (χ2n) is 18.1. The molecule has 0 radical (unpaired) electrons. The summed E-state index contributed by atoms with van der Waals surface area (Å²) in [4.78, 5) is 4.98. The molecule has 2 aliphatic rings. The van der Waals surface area contributed by atoms with Gasteiger partial charge < -0.3 is 18.9 Å². The molecule has 2 aromatic heterocycles. The number of fused-ring (bicyclic) bond motifs is 3. The molecule has 0 N–H and O–H groups in total. The van der Waals surface area contributed by atoms with Gasteiger partial charge in [-0.3, -0.25) is 0 Å². The van der Waals surface area contributed by atoms with Crippen molar-refractivity contribution in [3.8, 4) is 33.9 Å². The predicted octanol–water partition coefficient (Wildman–Crippen LogP) is 17.2. The van der Waals surface area contributed by atoms with E-state index in [1.165, 1.54) is 27.8 Å². The highest BCUT2D eigenvalue weighted by Crippen LogP contribution is 2.61. The Morgan fingerprint density at radius 2 is 0.542 bits per heavy atom. The van der Waals surface area contributed by atoms with Crippen LogP contribution in [0.15, 0.2) is 308 Å². The molecule has 2 aliphatic carbocycles. The van der Waals surface area contributed by atoms with Crippen molar-refractivity contribution in [1.29, 1.82) is 0 Å². The fourth-order valence-corrected chi connectivity index (χ4v) is 10.9. The molecule has 11 aromatic rings. The first-order chi connectivity index (χ1) is 35.8. The van der Waals surface area contributed by atoms with Gasteiger partial charge in [0.05, 0.1) is 22.8 Å². The molecule has 4 nitrogen and oxygen atoms in total. The quantitative estimate of drug-likeness (QED) is 0.121. The third-order valence-electron chi connectivity index (χ3n) is 13.9. The van der Waals surface area contributed by atoms with Crippen molar-refractivity contribution in [3.05, 3.63) is 331 Å². The van der Waals surface area contributed by atoms with Crippen molar-refractivity contribution >= 4 is 39.5 Å². The standard InChI is InChI=1S/C68H48N4/c1-9-27-49(28-10-1)63-59-47-57(61-43-25-45-69(61)51-31-13-3-14-32-51)58(62-44-26-46-70(62)52-33-15-4-16-34-52)48-60(59)65-64(50-29-11-2-12-30-50)67(71(53-35-17-5-18-36-53)54-37-19-6-20-38-54)68(66(63)65)72(55-39-21-7-22-40-55)56-41-23-8-24-42-56/h1-48H. The fourth-order valence-electron chi connectivity index (χ4n) is 10.9. The van der Waals surface area contributed by atoms with Gasteiger partial charge >= 0.3 is 0 Å². The number of aromatic nitrogens is 2. The predicted molar refractivity (Wildman–Crippen MR) is 299 cm³/mol. The minimum atomic E-state index is 1.06. The molecule has 0 bridgehead atoms. The first kappa shape index (κ1) is 42.5. The van der Waals surface area contributed by atoms with E-state index in [9.17, 15) is 0 Å². The molecule has 9 aromatic carbocycles. The van der Waals surface area contributed by atoms with Gasteiger partial charge in [-0.2, -0.15) is 0 Å². The Morgan fingerprint density at radius 3 is 0.917 bits per heavy atom. The summed E-state index contributed by atoms with van der Waals surface area (Å²) in [6.45, 7) is 0. The highest BCUT2D eigenvalue weighted by Gasteiger charge is 2.45. The van der Waals surface area contributed by atoms with Gasteiger partial charge in [0.25, 0.3) is 0 Å². The summed E-state index contributed by atoms with van der Waals surface area (Å²) in [6, 6.07) is 101. The first-order valence-electron chi connectivity index (χ1n) is 24.6. The van der Waals surface area contributed by atoms with Crippen LogP contribution >= 0.6 is 0 Å². The summed E-state index contributed by atoms with van der Waals surface area (Å²) in [5.74, 6) is 0. The molecule has 0 saturated carbocycles. The highest BCUT2D eigenvalue weighted by molar-refractivity contribution is 6.24. The number of para-hydroxylation sites is 6. The lowest BCUT2D eigenvalue weighted by atomic mass is 9.89. The van der Waals surface area contributed by atoms with Crippen LogP contribution < -0.4 is 9.80 Å². The van der Waals surface area contributed by atoms with Crippen molar-refractivity contribution in [2.75, 3.05) is 9.80 Å². The summed E-state index contributed by atoms with van der Waals surface area (Å²) in [6.07, 6.45) is 4.37. The van der Waals surface area contributed by atoms with Crippen LogP contribution in [0, 0.1) is 0 Å². The Morgan fingerprint density at radius 1 is 0.236 bits per heavy atom. The molecule has 0 saturated heterocycles. The van der Waals surface area contributed by atoms with E-state index in [1.54, 1.807) is 0 Å². The van der Waals surface area contributed by atoms with E-state index in [2.05, 4.69) is 310 Å². The van der Waals surface area contributed by atoms with Crippen molar-refractivity contribution in [2.24, 2.45) is 0 Å². The Labute approximate surface area is 420 Å². The fraction of sp³-hybridized carbons (Fsp3) is 0. The second kappa shape index (κ2) is 18.4. The van der Waals surface area contributed by atoms with Crippen molar-refractivity contribution < 1.29 is 0 Å². The molecule has 72 heavy (non-hydrogen) atoms. The largest absolute Gasteiger partial charge is 0.317 e. The zero-order chi connectivity index (χ0) is 47.8. The van der Waals surface area contributed by atoms with E-state index in [0.717, 1.165) is 84.7 Å². The lowest BCUT2D eigenvalue weighted by Crippen LogP contribution is -2.25. The Hall–Kier alpha value is -9.64. The van der Waals surface area contributed by atoms with Crippen LogP contribution in [-0.4, -0.2) is 9.13 Å². The highest BCUT2D eigenvalue weighted by atomic mass is 15.2. The summed E-state index contributed by atoms with van der Waals surface area (Å²) < 4.78 is 4.66. The molecule has 2 heterocycles. The van der Waals surface area contributed by atoms with E-state index in [4.69, 9.17) is 0 Å². The third kappa shape index (κ3) is 7.33. The number of benzene rings is 9. The number of hydrogen-bond donors (Lipinski definition) is 0. The number of allylic oxidation sites excluding steroid dienone is 2. The normalized spacial score (nSPS) is 12.8. The number of anilines is 4. The second-order valence-corrected chi connectivity index (χ2v) is 18.1. The Bertz CT molecular complexity index is 3720. The average molecular weight is 921 g/mol. The molecule has 0 atom stereocenters. The third-order valence-corrected chi connectivity index (χ3v) is 13.9. The molecule has 0 spiro atoms. The molecule has 0 fully saturated rings. The zero-order valence-electron chi connectivity index (χ0n) is 39.5. The van der Waals surface area contributed by atoms with Gasteiger partial charge in [-0.05, 0) is 137 Å². The SMILES string of the molecule is c1ccc(C2=C3C(=C(c4ccccc4)c4cc(-c5cccn5-c5ccccc5)c(-c5cccn5-c5ccccc5)cc43)C(N(c3ccccc3)c3ccccc3)=C2N(c2ccccc2)c2ccccc2)cc1. The number of nitrogens with zero attached hydrogens (tertiary/aromatic N) is 4. The topological polar surface area (TPSA) is 16.3 Å². The van der Waals surface area contributed by atoms with E-state index in [1.807, 2.05) is 0 Å². The van der Waals surface area contributed by atoms with Crippen molar-refractivity contribution in [1.82, 2.24) is 9.13 Å². The monoisotopic (exact) mass is 920 g/mol. The van der Waals surface area contributed by atoms with Crippen LogP contribution in [0.3, 0.4) is 0 Å². The molecular formula is C68H48N4. The summed E-state index contributed by atoms with van der Waals surface area (Å²) in [5.41, 5.74) is 22.4. The van der Waals surface area contributed by atoms with Gasteiger partial charge in [-0.1, -0.05) is 170 Å². The molecule has 0 unspecified atom stereocenters. The van der Waals surface area contributed by atoms with Gasteiger partial charge in [0.1, 0.15) is 0 Å². The van der Waals surface area contributed by atoms with Gasteiger partial charge in [0.2, 0.25) is 0 Å². The van der Waals surface area contributed by atoms with Crippen LogP contribution in [-0.2, 0) is 0 Å². The van der Waals surface area contributed by atoms with Gasteiger partial charge in [-0.15, -0.1) is 0 Å². The smallest absolute Gasteiger partial charge is 0.0795 e. The zero-order valence-corrected chi connectivity index (χ0v) is 39.5. The molecular weight excluding hydrogens is 873 g/mol. The van der Waals surface area contributed by atoms with Gasteiger partial charge in [-0.25, -0.2) is 0 Å². The van der Waals surface area contributed by atoms with Crippen LogP contribution in [0.2, 0.25) is 0 Å². The molecule has 4 heteroatoms. The van der Waals surface area contributed by atoms with E-state index >= 15 is 0 Å². The lowest BCUT2D eigenvalue weighted by molar-refractivity contribution is 1.07. The maximum absolute atomic E-state index is 2.50. The molecule has 13 rings (SSSR count). The summed E-state index contributed by atoms with van der Waals surface area (Å²) >= 11 is 0. The first-order valence-corrected chi connectivity index (χ1v) is 24.6. The maximum atomic E-state index is 2.50. The van der Waals surface area contributed by atoms with Crippen LogP contribution in [0.5, 0.6) is 0 Å². The van der Waals surface area contributed by atoms with Crippen molar-refractivity contribution in [2.45, 2.75) is 0 Å². The number of hydrogen-bond acceptors (Lipinski definition) is 2. The maximum Gasteiger partial charge on any atom is 0.0795 e. The molecule has 0 aliphatic heterocycles. The Balaban J connectivity index is 1.22. The number of rotatable bonds is 12.